The van der Waals surface area contributed by atoms with Crippen LogP contribution in [0.4, 0.5) is 0 Å². The van der Waals surface area contributed by atoms with Crippen molar-refractivity contribution in [2.45, 2.75) is 6.92 Å². The van der Waals surface area contributed by atoms with Crippen molar-refractivity contribution in [3.8, 4) is 0 Å². The van der Waals surface area contributed by atoms with Gasteiger partial charge in [0.2, 0.25) is 0 Å². The lowest BCUT2D eigenvalue weighted by molar-refractivity contribution is 0.387. The molecule has 3 N–H and O–H groups in total. The zero-order valence-corrected chi connectivity index (χ0v) is 8.45. The summed E-state index contributed by atoms with van der Waals surface area (Å²) in [4.78, 5) is 21.2. The Morgan fingerprint density at radius 1 is 1.29 bits per heavy atom. The maximum Gasteiger partial charge on any atom is 0.358 e. The van der Waals surface area contributed by atoms with Gasteiger partial charge in [0, 0.05) is 16.6 Å². The SMILES string of the molecule is Cc1[nH]c2ccccc2c1P(=O)(O)O. The molecule has 2 rings (SSSR count). The van der Waals surface area contributed by atoms with Crippen molar-refractivity contribution in [3.05, 3.63) is 30.0 Å². The molecule has 0 aliphatic carbocycles. The van der Waals surface area contributed by atoms with Crippen molar-refractivity contribution in [2.75, 3.05) is 0 Å². The summed E-state index contributed by atoms with van der Waals surface area (Å²) >= 11 is 0. The van der Waals surface area contributed by atoms with Crippen molar-refractivity contribution < 1.29 is 14.4 Å². The number of H-pyrrole nitrogens is 1. The van der Waals surface area contributed by atoms with Gasteiger partial charge in [-0.15, -0.1) is 0 Å². The maximum absolute atomic E-state index is 11.2. The van der Waals surface area contributed by atoms with Crippen molar-refractivity contribution >= 4 is 23.8 Å². The number of hydrogen-bond donors (Lipinski definition) is 3. The van der Waals surface area contributed by atoms with E-state index in [9.17, 15) is 4.57 Å². The van der Waals surface area contributed by atoms with Gasteiger partial charge in [-0.1, -0.05) is 18.2 Å². The second-order valence-electron chi connectivity index (χ2n) is 3.19. The van der Waals surface area contributed by atoms with Crippen molar-refractivity contribution in [1.82, 2.24) is 4.98 Å². The molecule has 0 spiro atoms. The number of aromatic nitrogens is 1. The molecule has 0 amide bonds. The Morgan fingerprint density at radius 3 is 2.57 bits per heavy atom. The van der Waals surface area contributed by atoms with Gasteiger partial charge in [-0.2, -0.15) is 0 Å². The number of benzene rings is 1. The van der Waals surface area contributed by atoms with E-state index in [1.165, 1.54) is 0 Å². The number of aromatic amines is 1. The molecular weight excluding hydrogens is 201 g/mol. The fourth-order valence-corrected chi connectivity index (χ4v) is 2.64. The van der Waals surface area contributed by atoms with Gasteiger partial charge < -0.3 is 14.8 Å². The summed E-state index contributed by atoms with van der Waals surface area (Å²) in [6.07, 6.45) is 0. The molecule has 0 saturated carbocycles. The first kappa shape index (κ1) is 9.46. The summed E-state index contributed by atoms with van der Waals surface area (Å²) in [5, 5.41) is 0.700. The van der Waals surface area contributed by atoms with E-state index in [0.717, 1.165) is 5.52 Å². The van der Waals surface area contributed by atoms with Crippen LogP contribution in [0, 0.1) is 6.92 Å². The van der Waals surface area contributed by atoms with Crippen LogP contribution < -0.4 is 5.30 Å². The van der Waals surface area contributed by atoms with Crippen molar-refractivity contribution in [2.24, 2.45) is 0 Å². The molecule has 0 aliphatic heterocycles. The zero-order chi connectivity index (χ0) is 10.3. The summed E-state index contributed by atoms with van der Waals surface area (Å²) in [5.41, 5.74) is 1.28. The standard InChI is InChI=1S/C9H10NO3P/c1-6-9(14(11,12)13)7-4-2-3-5-8(7)10-6/h2-5,10H,1H3,(H2,11,12,13). The van der Waals surface area contributed by atoms with Crippen molar-refractivity contribution in [3.63, 3.8) is 0 Å². The molecule has 0 unspecified atom stereocenters. The molecular formula is C9H10NO3P. The molecule has 0 aliphatic rings. The molecule has 4 nitrogen and oxygen atoms in total. The molecule has 1 heterocycles. The minimum absolute atomic E-state index is 0.105. The highest BCUT2D eigenvalue weighted by Gasteiger charge is 2.24. The molecule has 74 valence electrons. The monoisotopic (exact) mass is 211 g/mol. The molecule has 0 bridgehead atoms. The molecule has 0 radical (unpaired) electrons. The summed E-state index contributed by atoms with van der Waals surface area (Å²) in [5.74, 6) is 0. The Morgan fingerprint density at radius 2 is 1.93 bits per heavy atom. The van der Waals surface area contributed by atoms with E-state index in [4.69, 9.17) is 9.79 Å². The van der Waals surface area contributed by atoms with Crippen LogP contribution >= 0.6 is 7.60 Å². The third-order valence-electron chi connectivity index (χ3n) is 2.15. The van der Waals surface area contributed by atoms with Crippen LogP contribution in [0.1, 0.15) is 5.69 Å². The van der Waals surface area contributed by atoms with Crippen LogP contribution in [0.3, 0.4) is 0 Å². The first-order valence-corrected chi connectivity index (χ1v) is 5.75. The largest absolute Gasteiger partial charge is 0.358 e. The Bertz CT molecular complexity index is 526. The summed E-state index contributed by atoms with van der Waals surface area (Å²) in [6.45, 7) is 1.66. The number of aryl methyl sites for hydroxylation is 1. The van der Waals surface area contributed by atoms with Crippen LogP contribution in [0.25, 0.3) is 10.9 Å². The van der Waals surface area contributed by atoms with Gasteiger partial charge in [0.15, 0.2) is 0 Å². The second-order valence-corrected chi connectivity index (χ2v) is 4.72. The zero-order valence-electron chi connectivity index (χ0n) is 7.56. The highest BCUT2D eigenvalue weighted by Crippen LogP contribution is 2.37. The van der Waals surface area contributed by atoms with Crippen LogP contribution in [0.5, 0.6) is 0 Å². The number of hydrogen-bond acceptors (Lipinski definition) is 1. The van der Waals surface area contributed by atoms with Crippen LogP contribution in [0.15, 0.2) is 24.3 Å². The highest BCUT2D eigenvalue weighted by molar-refractivity contribution is 7.61. The normalized spacial score (nSPS) is 12.2. The molecule has 0 saturated heterocycles. The lowest BCUT2D eigenvalue weighted by Gasteiger charge is -2.02. The van der Waals surface area contributed by atoms with Gasteiger partial charge in [-0.3, -0.25) is 4.57 Å². The summed E-state index contributed by atoms with van der Waals surface area (Å²) in [6, 6.07) is 7.07. The molecule has 1 aromatic carbocycles. The molecule has 14 heavy (non-hydrogen) atoms. The molecule has 2 aromatic rings. The fraction of sp³-hybridized carbons (Fsp3) is 0.111. The molecule has 5 heteroatoms. The second kappa shape index (κ2) is 2.95. The topological polar surface area (TPSA) is 73.3 Å². The van der Waals surface area contributed by atoms with Gasteiger partial charge in [0.25, 0.3) is 0 Å². The number of nitrogens with one attached hydrogen (secondary N) is 1. The fourth-order valence-electron chi connectivity index (χ4n) is 1.64. The van der Waals surface area contributed by atoms with E-state index >= 15 is 0 Å². The van der Waals surface area contributed by atoms with Crippen LogP contribution in [-0.2, 0) is 4.57 Å². The van der Waals surface area contributed by atoms with Gasteiger partial charge >= 0.3 is 7.60 Å². The Hall–Kier alpha value is -1.09. The average Bonchev–Trinajstić information content (AvgIpc) is 2.38. The third kappa shape index (κ3) is 1.38. The van der Waals surface area contributed by atoms with E-state index in [2.05, 4.69) is 4.98 Å². The van der Waals surface area contributed by atoms with E-state index in [1.807, 2.05) is 6.07 Å². The van der Waals surface area contributed by atoms with E-state index in [0.29, 0.717) is 11.1 Å². The smallest absolute Gasteiger partial charge is 0.358 e. The van der Waals surface area contributed by atoms with Gasteiger partial charge in [-0.05, 0) is 13.0 Å². The predicted octanol–water partition coefficient (Wildman–Crippen LogP) is 1.28. The minimum Gasteiger partial charge on any atom is -0.358 e. The van der Waals surface area contributed by atoms with Gasteiger partial charge in [-0.25, -0.2) is 0 Å². The average molecular weight is 211 g/mol. The van der Waals surface area contributed by atoms with Gasteiger partial charge in [0.1, 0.15) is 0 Å². The summed E-state index contributed by atoms with van der Waals surface area (Å²) in [7, 11) is -4.18. The first-order valence-electron chi connectivity index (χ1n) is 4.13. The molecule has 0 atom stereocenters. The molecule has 1 aromatic heterocycles. The Kier molecular flexibility index (Phi) is 2.00. The number of fused-ring (bicyclic) bond motifs is 1. The lowest BCUT2D eigenvalue weighted by Crippen LogP contribution is -2.05. The van der Waals surface area contributed by atoms with E-state index in [-0.39, 0.29) is 5.30 Å². The van der Waals surface area contributed by atoms with Crippen LogP contribution in [-0.4, -0.2) is 14.8 Å². The van der Waals surface area contributed by atoms with E-state index < -0.39 is 7.60 Å². The minimum atomic E-state index is -4.18. The number of rotatable bonds is 1. The highest BCUT2D eigenvalue weighted by atomic mass is 31.2. The molecule has 0 fully saturated rings. The first-order chi connectivity index (χ1) is 6.50. The predicted molar refractivity (Wildman–Crippen MR) is 54.7 cm³/mol. The maximum atomic E-state index is 11.2. The number of para-hydroxylation sites is 1. The lowest BCUT2D eigenvalue weighted by atomic mass is 10.2. The third-order valence-corrected chi connectivity index (χ3v) is 3.31. The van der Waals surface area contributed by atoms with E-state index in [1.54, 1.807) is 25.1 Å². The van der Waals surface area contributed by atoms with Crippen LogP contribution in [0.2, 0.25) is 0 Å². The Balaban J connectivity index is 2.88. The Labute approximate surface area is 80.7 Å². The quantitative estimate of drug-likeness (QED) is 0.622. The summed E-state index contributed by atoms with van der Waals surface area (Å²) < 4.78 is 11.2. The van der Waals surface area contributed by atoms with Gasteiger partial charge in [0.05, 0.1) is 5.30 Å². The van der Waals surface area contributed by atoms with Crippen molar-refractivity contribution in [1.29, 1.82) is 0 Å².